The molecule has 154 valence electrons. The molecule has 0 unspecified atom stereocenters. The summed E-state index contributed by atoms with van der Waals surface area (Å²) in [7, 11) is 1.51. The summed E-state index contributed by atoms with van der Waals surface area (Å²) < 4.78 is 22.1. The number of methoxy groups -OCH3 is 1. The number of aromatic nitrogens is 2. The van der Waals surface area contributed by atoms with E-state index in [4.69, 9.17) is 24.4 Å². The average molecular weight is 407 g/mol. The number of benzene rings is 2. The average Bonchev–Trinajstić information content (AvgIpc) is 2.74. The molecule has 8 nitrogen and oxygen atoms in total. The number of fused-ring (bicyclic) bond motifs is 3. The third-order valence-electron chi connectivity index (χ3n) is 4.59. The Morgan fingerprint density at radius 3 is 2.50 bits per heavy atom. The van der Waals surface area contributed by atoms with Gasteiger partial charge in [-0.25, -0.2) is 14.8 Å². The van der Waals surface area contributed by atoms with Crippen LogP contribution in [0.15, 0.2) is 45.6 Å². The zero-order valence-electron chi connectivity index (χ0n) is 16.9. The molecule has 0 amide bonds. The molecule has 0 spiro atoms. The van der Waals surface area contributed by atoms with Crippen LogP contribution in [0.4, 0.5) is 5.82 Å². The zero-order chi connectivity index (χ0) is 21.3. The summed E-state index contributed by atoms with van der Waals surface area (Å²) in [6, 6.07) is 10.7. The molecule has 0 aliphatic heterocycles. The molecule has 0 radical (unpaired) electrons. The number of nitrogens with two attached hydrogens (primary N) is 1. The Kier molecular flexibility index (Phi) is 5.14. The van der Waals surface area contributed by atoms with Crippen molar-refractivity contribution in [1.82, 2.24) is 9.97 Å². The molecule has 0 aliphatic rings. The second kappa shape index (κ2) is 7.90. The molecule has 4 aromatic rings. The topological polar surface area (TPSA) is 110 Å². The molecular weight excluding hydrogens is 386 g/mol. The Morgan fingerprint density at radius 1 is 1.00 bits per heavy atom. The third kappa shape index (κ3) is 3.26. The summed E-state index contributed by atoms with van der Waals surface area (Å²) >= 11 is 0. The van der Waals surface area contributed by atoms with Crippen molar-refractivity contribution in [3.8, 4) is 28.6 Å². The SMILES string of the molecule is CCOc1ccc(-c2nc(N)c3c(=O)oc4c(OC)cccc4c3n2)cc1OCC. The van der Waals surface area contributed by atoms with Crippen molar-refractivity contribution >= 4 is 27.7 Å². The summed E-state index contributed by atoms with van der Waals surface area (Å²) in [5.41, 5.74) is 6.90. The van der Waals surface area contributed by atoms with E-state index in [0.717, 1.165) is 0 Å². The van der Waals surface area contributed by atoms with Gasteiger partial charge in [-0.05, 0) is 44.2 Å². The third-order valence-corrected chi connectivity index (χ3v) is 4.59. The van der Waals surface area contributed by atoms with Gasteiger partial charge in [-0.1, -0.05) is 6.07 Å². The Hall–Kier alpha value is -3.81. The van der Waals surface area contributed by atoms with Crippen molar-refractivity contribution in [2.75, 3.05) is 26.1 Å². The summed E-state index contributed by atoms with van der Waals surface area (Å²) in [4.78, 5) is 21.5. The van der Waals surface area contributed by atoms with Crippen molar-refractivity contribution in [3.05, 3.63) is 46.8 Å². The zero-order valence-corrected chi connectivity index (χ0v) is 16.9. The molecule has 4 rings (SSSR count). The van der Waals surface area contributed by atoms with Crippen molar-refractivity contribution in [3.63, 3.8) is 0 Å². The highest BCUT2D eigenvalue weighted by molar-refractivity contribution is 6.07. The van der Waals surface area contributed by atoms with Gasteiger partial charge in [0.2, 0.25) is 0 Å². The number of ether oxygens (including phenoxy) is 3. The number of hydrogen-bond donors (Lipinski definition) is 1. The fourth-order valence-corrected chi connectivity index (χ4v) is 3.31. The Bertz CT molecular complexity index is 1300. The van der Waals surface area contributed by atoms with Crippen LogP contribution in [0, 0.1) is 0 Å². The molecule has 0 bridgehead atoms. The highest BCUT2D eigenvalue weighted by Crippen LogP contribution is 2.34. The van der Waals surface area contributed by atoms with Gasteiger partial charge in [0.25, 0.3) is 0 Å². The van der Waals surface area contributed by atoms with E-state index in [1.807, 2.05) is 19.9 Å². The van der Waals surface area contributed by atoms with Gasteiger partial charge in [0.1, 0.15) is 11.2 Å². The molecule has 2 N–H and O–H groups in total. The van der Waals surface area contributed by atoms with E-state index < -0.39 is 5.63 Å². The van der Waals surface area contributed by atoms with E-state index in [0.29, 0.717) is 58.3 Å². The molecule has 0 fully saturated rings. The van der Waals surface area contributed by atoms with Gasteiger partial charge in [0.15, 0.2) is 28.7 Å². The lowest BCUT2D eigenvalue weighted by Crippen LogP contribution is -2.08. The largest absolute Gasteiger partial charge is 0.493 e. The van der Waals surface area contributed by atoms with Gasteiger partial charge in [-0.2, -0.15) is 0 Å². The van der Waals surface area contributed by atoms with Gasteiger partial charge in [-0.15, -0.1) is 0 Å². The van der Waals surface area contributed by atoms with Crippen molar-refractivity contribution in [2.45, 2.75) is 13.8 Å². The lowest BCUT2D eigenvalue weighted by atomic mass is 10.1. The first-order chi connectivity index (χ1) is 14.6. The molecule has 30 heavy (non-hydrogen) atoms. The van der Waals surface area contributed by atoms with Crippen LogP contribution in [0.25, 0.3) is 33.3 Å². The van der Waals surface area contributed by atoms with E-state index in [1.54, 1.807) is 30.3 Å². The minimum absolute atomic E-state index is 0.0420. The number of anilines is 1. The fourth-order valence-electron chi connectivity index (χ4n) is 3.31. The quantitative estimate of drug-likeness (QED) is 0.380. The van der Waals surface area contributed by atoms with Crippen molar-refractivity contribution in [1.29, 1.82) is 0 Å². The maximum absolute atomic E-state index is 12.6. The van der Waals surface area contributed by atoms with Crippen LogP contribution >= 0.6 is 0 Å². The van der Waals surface area contributed by atoms with Gasteiger partial charge in [0.05, 0.1) is 25.8 Å². The molecule has 0 saturated heterocycles. The number of hydrogen-bond acceptors (Lipinski definition) is 8. The number of rotatable bonds is 6. The first kappa shape index (κ1) is 19.5. The smallest absolute Gasteiger partial charge is 0.349 e. The Morgan fingerprint density at radius 2 is 1.77 bits per heavy atom. The maximum Gasteiger partial charge on any atom is 0.349 e. The summed E-state index contributed by atoms with van der Waals surface area (Å²) in [5.74, 6) is 2.05. The lowest BCUT2D eigenvalue weighted by Gasteiger charge is -2.13. The molecule has 2 aromatic carbocycles. The Labute approximate surface area is 172 Å². The van der Waals surface area contributed by atoms with Crippen LogP contribution in [0.2, 0.25) is 0 Å². The van der Waals surface area contributed by atoms with E-state index in [2.05, 4.69) is 9.97 Å². The Balaban J connectivity index is 1.98. The monoisotopic (exact) mass is 407 g/mol. The van der Waals surface area contributed by atoms with Gasteiger partial charge in [-0.3, -0.25) is 0 Å². The number of nitrogen functional groups attached to an aromatic ring is 1. The van der Waals surface area contributed by atoms with Crippen LogP contribution in [-0.2, 0) is 0 Å². The number of nitrogens with zero attached hydrogens (tertiary/aromatic N) is 2. The van der Waals surface area contributed by atoms with Gasteiger partial charge < -0.3 is 24.4 Å². The maximum atomic E-state index is 12.6. The highest BCUT2D eigenvalue weighted by Gasteiger charge is 2.18. The molecule has 8 heteroatoms. The van der Waals surface area contributed by atoms with Crippen LogP contribution in [0.1, 0.15) is 13.8 Å². The van der Waals surface area contributed by atoms with E-state index in [-0.39, 0.29) is 11.2 Å². The summed E-state index contributed by atoms with van der Waals surface area (Å²) in [5, 5.41) is 0.741. The fraction of sp³-hybridized carbons (Fsp3) is 0.227. The summed E-state index contributed by atoms with van der Waals surface area (Å²) in [6.07, 6.45) is 0. The van der Waals surface area contributed by atoms with E-state index in [9.17, 15) is 4.79 Å². The molecule has 2 aromatic heterocycles. The standard InChI is InChI=1S/C22H21N3O5/c1-4-28-14-10-9-12(11-16(14)29-5-2)21-24-18-13-7-6-8-15(27-3)19(13)30-22(26)17(18)20(23)25-21/h6-11H,4-5H2,1-3H3,(H2,23,24,25). The predicted octanol–water partition coefficient (Wildman–Crippen LogP) is 3.79. The first-order valence-electron chi connectivity index (χ1n) is 9.54. The summed E-state index contributed by atoms with van der Waals surface area (Å²) in [6.45, 7) is 4.80. The molecule has 0 aliphatic carbocycles. The van der Waals surface area contributed by atoms with Crippen LogP contribution in [-0.4, -0.2) is 30.3 Å². The highest BCUT2D eigenvalue weighted by atomic mass is 16.5. The minimum atomic E-state index is -0.618. The molecule has 2 heterocycles. The van der Waals surface area contributed by atoms with Crippen molar-refractivity contribution < 1.29 is 18.6 Å². The normalized spacial score (nSPS) is 11.0. The van der Waals surface area contributed by atoms with Gasteiger partial charge >= 0.3 is 5.63 Å². The van der Waals surface area contributed by atoms with Crippen LogP contribution in [0.3, 0.4) is 0 Å². The second-order valence-corrected chi connectivity index (χ2v) is 6.41. The predicted molar refractivity (Wildman–Crippen MR) is 114 cm³/mol. The van der Waals surface area contributed by atoms with Crippen molar-refractivity contribution in [2.24, 2.45) is 0 Å². The van der Waals surface area contributed by atoms with Crippen LogP contribution < -0.4 is 25.6 Å². The van der Waals surface area contributed by atoms with E-state index in [1.165, 1.54) is 7.11 Å². The van der Waals surface area contributed by atoms with Gasteiger partial charge in [0, 0.05) is 10.9 Å². The number of para-hydroxylation sites is 1. The van der Waals surface area contributed by atoms with E-state index >= 15 is 0 Å². The lowest BCUT2D eigenvalue weighted by molar-refractivity contribution is 0.288. The first-order valence-corrected chi connectivity index (χ1v) is 9.54. The second-order valence-electron chi connectivity index (χ2n) is 6.41. The molecular formula is C22H21N3O5. The minimum Gasteiger partial charge on any atom is -0.493 e. The molecule has 0 saturated carbocycles. The molecule has 0 atom stereocenters. The van der Waals surface area contributed by atoms with Crippen LogP contribution in [0.5, 0.6) is 17.2 Å².